The maximum atomic E-state index is 11.9. The minimum Gasteiger partial charge on any atom is -0.396 e. The zero-order chi connectivity index (χ0) is 16.9. The molecule has 0 saturated heterocycles. The van der Waals surface area contributed by atoms with Crippen LogP contribution >= 0.6 is 0 Å². The van der Waals surface area contributed by atoms with E-state index in [0.717, 1.165) is 28.1 Å². The Morgan fingerprint density at radius 1 is 1.33 bits per heavy atom. The highest BCUT2D eigenvalue weighted by atomic mass is 16.3. The highest BCUT2D eigenvalue weighted by Gasteiger charge is 2.08. The number of aliphatic hydroxyl groups is 1. The van der Waals surface area contributed by atoms with E-state index in [1.54, 1.807) is 0 Å². The van der Waals surface area contributed by atoms with Crippen LogP contribution in [0.4, 0.5) is 0 Å². The van der Waals surface area contributed by atoms with Gasteiger partial charge in [-0.1, -0.05) is 12.1 Å². The fourth-order valence-electron chi connectivity index (χ4n) is 2.58. The number of amides is 1. The van der Waals surface area contributed by atoms with E-state index < -0.39 is 0 Å². The van der Waals surface area contributed by atoms with E-state index in [1.165, 1.54) is 0 Å². The first kappa shape index (κ1) is 16.1. The molecule has 0 aliphatic heterocycles. The molecule has 6 heteroatoms. The molecule has 0 saturated carbocycles. The van der Waals surface area contributed by atoms with Crippen molar-refractivity contribution in [1.29, 1.82) is 0 Å². The van der Waals surface area contributed by atoms with E-state index in [4.69, 9.17) is 5.11 Å². The predicted molar refractivity (Wildman–Crippen MR) is 92.0 cm³/mol. The van der Waals surface area contributed by atoms with Crippen LogP contribution in [0.5, 0.6) is 0 Å². The number of fused-ring (bicyclic) bond motifs is 1. The van der Waals surface area contributed by atoms with E-state index in [9.17, 15) is 4.79 Å². The molecule has 0 unspecified atom stereocenters. The Bertz CT molecular complexity index is 857. The first-order chi connectivity index (χ1) is 11.7. The molecule has 24 heavy (non-hydrogen) atoms. The molecule has 0 aliphatic carbocycles. The summed E-state index contributed by atoms with van der Waals surface area (Å²) in [6.45, 7) is 2.44. The van der Waals surface area contributed by atoms with E-state index in [0.29, 0.717) is 19.4 Å². The van der Waals surface area contributed by atoms with Crippen molar-refractivity contribution in [3.8, 4) is 5.69 Å². The molecule has 1 amide bonds. The summed E-state index contributed by atoms with van der Waals surface area (Å²) >= 11 is 0. The first-order valence-electron chi connectivity index (χ1n) is 7.95. The second-order valence-corrected chi connectivity index (χ2v) is 5.66. The number of aromatic nitrogens is 3. The standard InChI is InChI=1S/C18H20N4O2/c1-13-20-12-15-6-8-22(18(15)21-13)16-5-2-4-14(10-16)11-17(24)19-7-3-9-23/h2,4-6,8,10,12,23H,3,7,9,11H2,1H3,(H,19,24). The average Bonchev–Trinajstić information content (AvgIpc) is 2.98. The lowest BCUT2D eigenvalue weighted by atomic mass is 10.1. The lowest BCUT2D eigenvalue weighted by Gasteiger charge is -2.08. The van der Waals surface area contributed by atoms with Crippen LogP contribution in [0, 0.1) is 6.92 Å². The van der Waals surface area contributed by atoms with Gasteiger partial charge in [-0.25, -0.2) is 9.97 Å². The van der Waals surface area contributed by atoms with E-state index in [2.05, 4.69) is 15.3 Å². The summed E-state index contributed by atoms with van der Waals surface area (Å²) in [6.07, 6.45) is 4.65. The Kier molecular flexibility index (Phi) is 4.86. The van der Waals surface area contributed by atoms with E-state index in [-0.39, 0.29) is 12.5 Å². The quantitative estimate of drug-likeness (QED) is 0.677. The Morgan fingerprint density at radius 2 is 2.21 bits per heavy atom. The number of nitrogens with one attached hydrogen (secondary N) is 1. The van der Waals surface area contributed by atoms with Gasteiger partial charge in [0.2, 0.25) is 5.91 Å². The number of hydrogen-bond donors (Lipinski definition) is 2. The van der Waals surface area contributed by atoms with Gasteiger partial charge in [0.05, 0.1) is 6.42 Å². The number of benzene rings is 1. The number of aryl methyl sites for hydroxylation is 1. The van der Waals surface area contributed by atoms with Crippen molar-refractivity contribution in [2.24, 2.45) is 0 Å². The number of carbonyl (C=O) groups excluding carboxylic acids is 1. The van der Waals surface area contributed by atoms with Crippen LogP contribution < -0.4 is 5.32 Å². The maximum Gasteiger partial charge on any atom is 0.224 e. The normalized spacial score (nSPS) is 10.9. The Labute approximate surface area is 140 Å². The van der Waals surface area contributed by atoms with Crippen LogP contribution in [0.15, 0.2) is 42.7 Å². The third-order valence-corrected chi connectivity index (χ3v) is 3.76. The molecular formula is C18H20N4O2. The Balaban J connectivity index is 1.82. The highest BCUT2D eigenvalue weighted by Crippen LogP contribution is 2.19. The van der Waals surface area contributed by atoms with E-state index in [1.807, 2.05) is 54.2 Å². The van der Waals surface area contributed by atoms with Crippen LogP contribution in [-0.4, -0.2) is 38.7 Å². The molecule has 0 bridgehead atoms. The van der Waals surface area contributed by atoms with Gasteiger partial charge >= 0.3 is 0 Å². The van der Waals surface area contributed by atoms with Gasteiger partial charge < -0.3 is 15.0 Å². The minimum absolute atomic E-state index is 0.0452. The first-order valence-corrected chi connectivity index (χ1v) is 7.95. The van der Waals surface area contributed by atoms with Gasteiger partial charge in [-0.05, 0) is 37.1 Å². The smallest absolute Gasteiger partial charge is 0.224 e. The summed E-state index contributed by atoms with van der Waals surface area (Å²) in [5.41, 5.74) is 2.75. The number of carbonyl (C=O) groups is 1. The molecule has 2 heterocycles. The van der Waals surface area contributed by atoms with Crippen LogP contribution in [-0.2, 0) is 11.2 Å². The molecule has 0 radical (unpaired) electrons. The third kappa shape index (κ3) is 3.60. The average molecular weight is 324 g/mol. The summed E-state index contributed by atoms with van der Waals surface area (Å²) < 4.78 is 2.00. The molecule has 3 aromatic rings. The number of hydrogen-bond acceptors (Lipinski definition) is 4. The van der Waals surface area contributed by atoms with Crippen molar-refractivity contribution >= 4 is 16.9 Å². The van der Waals surface area contributed by atoms with Gasteiger partial charge in [0.1, 0.15) is 11.5 Å². The molecule has 0 fully saturated rings. The summed E-state index contributed by atoms with van der Waals surface area (Å²) in [7, 11) is 0. The largest absolute Gasteiger partial charge is 0.396 e. The SMILES string of the molecule is Cc1ncc2ccn(-c3cccc(CC(=O)NCCCO)c3)c2n1. The lowest BCUT2D eigenvalue weighted by Crippen LogP contribution is -2.26. The molecule has 6 nitrogen and oxygen atoms in total. The number of aliphatic hydroxyl groups excluding tert-OH is 1. The zero-order valence-electron chi connectivity index (χ0n) is 13.6. The number of rotatable bonds is 6. The fourth-order valence-corrected chi connectivity index (χ4v) is 2.58. The molecule has 3 rings (SSSR count). The molecule has 0 atom stereocenters. The predicted octanol–water partition coefficient (Wildman–Crippen LogP) is 1.77. The number of nitrogens with zero attached hydrogens (tertiary/aromatic N) is 3. The molecule has 0 spiro atoms. The van der Waals surface area contributed by atoms with Crippen LogP contribution in [0.3, 0.4) is 0 Å². The Morgan fingerprint density at radius 3 is 3.04 bits per heavy atom. The van der Waals surface area contributed by atoms with Crippen LogP contribution in [0.2, 0.25) is 0 Å². The summed E-state index contributed by atoms with van der Waals surface area (Å²) in [4.78, 5) is 20.6. The van der Waals surface area contributed by atoms with Gasteiger partial charge in [0, 0.05) is 36.6 Å². The zero-order valence-corrected chi connectivity index (χ0v) is 13.6. The van der Waals surface area contributed by atoms with Crippen molar-refractivity contribution in [2.45, 2.75) is 19.8 Å². The van der Waals surface area contributed by atoms with Crippen molar-refractivity contribution < 1.29 is 9.90 Å². The fraction of sp³-hybridized carbons (Fsp3) is 0.278. The molecule has 1 aromatic carbocycles. The molecule has 124 valence electrons. The van der Waals surface area contributed by atoms with Gasteiger partial charge in [0.25, 0.3) is 0 Å². The lowest BCUT2D eigenvalue weighted by molar-refractivity contribution is -0.120. The minimum atomic E-state index is -0.0452. The highest BCUT2D eigenvalue weighted by molar-refractivity contribution is 5.79. The molecule has 2 aromatic heterocycles. The van der Waals surface area contributed by atoms with Crippen molar-refractivity contribution in [2.75, 3.05) is 13.2 Å². The summed E-state index contributed by atoms with van der Waals surface area (Å²) in [6, 6.07) is 9.82. The van der Waals surface area contributed by atoms with E-state index >= 15 is 0 Å². The third-order valence-electron chi connectivity index (χ3n) is 3.76. The van der Waals surface area contributed by atoms with Gasteiger partial charge in [-0.3, -0.25) is 4.79 Å². The van der Waals surface area contributed by atoms with Crippen molar-refractivity contribution in [1.82, 2.24) is 19.9 Å². The molecule has 2 N–H and O–H groups in total. The van der Waals surface area contributed by atoms with Crippen LogP contribution in [0.1, 0.15) is 17.8 Å². The van der Waals surface area contributed by atoms with Crippen LogP contribution in [0.25, 0.3) is 16.7 Å². The maximum absolute atomic E-state index is 11.9. The second kappa shape index (κ2) is 7.23. The monoisotopic (exact) mass is 324 g/mol. The summed E-state index contributed by atoms with van der Waals surface area (Å²) in [5, 5.41) is 12.5. The van der Waals surface area contributed by atoms with Gasteiger partial charge in [-0.2, -0.15) is 0 Å². The van der Waals surface area contributed by atoms with Gasteiger partial charge in [-0.15, -0.1) is 0 Å². The summed E-state index contributed by atoms with van der Waals surface area (Å²) in [5.74, 6) is 0.679. The van der Waals surface area contributed by atoms with Crippen molar-refractivity contribution in [3.05, 3.63) is 54.1 Å². The van der Waals surface area contributed by atoms with Crippen molar-refractivity contribution in [3.63, 3.8) is 0 Å². The molecular weight excluding hydrogens is 304 g/mol. The topological polar surface area (TPSA) is 80.0 Å². The second-order valence-electron chi connectivity index (χ2n) is 5.66. The van der Waals surface area contributed by atoms with Gasteiger partial charge in [0.15, 0.2) is 0 Å². The molecule has 0 aliphatic rings. The Hall–Kier alpha value is -2.73.